The predicted molar refractivity (Wildman–Crippen MR) is 44.7 cm³/mol. The summed E-state index contributed by atoms with van der Waals surface area (Å²) in [6.07, 6.45) is 2.70. The zero-order chi connectivity index (χ0) is 7.78. The van der Waals surface area contributed by atoms with Crippen LogP contribution in [-0.2, 0) is 0 Å². The molecule has 0 atom stereocenters. The van der Waals surface area contributed by atoms with E-state index in [-0.39, 0.29) is 0 Å². The summed E-state index contributed by atoms with van der Waals surface area (Å²) >= 11 is 0. The molecule has 1 saturated carbocycles. The van der Waals surface area contributed by atoms with E-state index in [9.17, 15) is 0 Å². The minimum atomic E-state index is 0.495. The third-order valence-electron chi connectivity index (χ3n) is 2.95. The van der Waals surface area contributed by atoms with E-state index >= 15 is 0 Å². The Hall–Kier alpha value is -0.0400. The van der Waals surface area contributed by atoms with Crippen molar-refractivity contribution in [2.75, 3.05) is 6.54 Å². The fraction of sp³-hybridized carbons (Fsp3) is 1.00. The third-order valence-corrected chi connectivity index (χ3v) is 2.95. The highest BCUT2D eigenvalue weighted by Crippen LogP contribution is 2.47. The Kier molecular flexibility index (Phi) is 2.04. The smallest absolute Gasteiger partial charge is 0.00230 e. The maximum absolute atomic E-state index is 5.63. The van der Waals surface area contributed by atoms with Crippen LogP contribution >= 0.6 is 0 Å². The second kappa shape index (κ2) is 2.54. The monoisotopic (exact) mass is 141 g/mol. The molecule has 0 aromatic carbocycles. The van der Waals surface area contributed by atoms with Gasteiger partial charge >= 0.3 is 0 Å². The van der Waals surface area contributed by atoms with Crippen LogP contribution in [0.4, 0.5) is 0 Å². The van der Waals surface area contributed by atoms with Crippen LogP contribution in [0.2, 0.25) is 0 Å². The first kappa shape index (κ1) is 8.06. The van der Waals surface area contributed by atoms with Crippen molar-refractivity contribution in [1.29, 1.82) is 0 Å². The topological polar surface area (TPSA) is 26.0 Å². The van der Waals surface area contributed by atoms with Crippen molar-refractivity contribution < 1.29 is 0 Å². The summed E-state index contributed by atoms with van der Waals surface area (Å²) in [5, 5.41) is 0. The molecule has 1 aliphatic rings. The van der Waals surface area contributed by atoms with Gasteiger partial charge < -0.3 is 5.73 Å². The zero-order valence-corrected chi connectivity index (χ0v) is 7.35. The van der Waals surface area contributed by atoms with Crippen molar-refractivity contribution in [3.8, 4) is 0 Å². The Morgan fingerprint density at radius 3 is 2.30 bits per heavy atom. The molecule has 0 spiro atoms. The highest BCUT2D eigenvalue weighted by atomic mass is 14.6. The lowest BCUT2D eigenvalue weighted by Crippen LogP contribution is -2.42. The molecule has 10 heavy (non-hydrogen) atoms. The van der Waals surface area contributed by atoms with Crippen LogP contribution in [0.15, 0.2) is 0 Å². The van der Waals surface area contributed by atoms with Gasteiger partial charge in [0.25, 0.3) is 0 Å². The molecule has 60 valence electrons. The molecule has 1 heteroatoms. The minimum absolute atomic E-state index is 0.495. The van der Waals surface area contributed by atoms with E-state index in [1.54, 1.807) is 0 Å². The minimum Gasteiger partial charge on any atom is -0.330 e. The molecule has 2 N–H and O–H groups in total. The van der Waals surface area contributed by atoms with Crippen LogP contribution in [0.5, 0.6) is 0 Å². The molecule has 0 saturated heterocycles. The maximum atomic E-state index is 5.63. The Morgan fingerprint density at radius 1 is 1.50 bits per heavy atom. The Bertz CT molecular complexity index is 112. The van der Waals surface area contributed by atoms with E-state index in [1.165, 1.54) is 12.8 Å². The lowest BCUT2D eigenvalue weighted by atomic mass is 9.60. The van der Waals surface area contributed by atoms with Gasteiger partial charge in [0.05, 0.1) is 0 Å². The maximum Gasteiger partial charge on any atom is -0.00230 e. The number of hydrogen-bond acceptors (Lipinski definition) is 1. The van der Waals surface area contributed by atoms with Gasteiger partial charge in [-0.3, -0.25) is 0 Å². The molecule has 0 unspecified atom stereocenters. The van der Waals surface area contributed by atoms with Gasteiger partial charge in [0, 0.05) is 0 Å². The summed E-state index contributed by atoms with van der Waals surface area (Å²) < 4.78 is 0. The van der Waals surface area contributed by atoms with Crippen LogP contribution in [0, 0.1) is 17.3 Å². The van der Waals surface area contributed by atoms with Crippen LogP contribution in [0.3, 0.4) is 0 Å². The molecule has 0 amide bonds. The van der Waals surface area contributed by atoms with E-state index < -0.39 is 0 Å². The predicted octanol–water partition coefficient (Wildman–Crippen LogP) is 2.02. The third kappa shape index (κ3) is 1.34. The van der Waals surface area contributed by atoms with Gasteiger partial charge in [0.1, 0.15) is 0 Å². The molecule has 0 aromatic heterocycles. The van der Waals surface area contributed by atoms with E-state index in [0.29, 0.717) is 5.41 Å². The lowest BCUT2D eigenvalue weighted by Gasteiger charge is -2.46. The van der Waals surface area contributed by atoms with Gasteiger partial charge in [-0.25, -0.2) is 0 Å². The average molecular weight is 141 g/mol. The summed E-state index contributed by atoms with van der Waals surface area (Å²) in [5.74, 6) is 1.81. The number of hydrogen-bond donors (Lipinski definition) is 1. The fourth-order valence-electron chi connectivity index (χ4n) is 1.84. The zero-order valence-electron chi connectivity index (χ0n) is 7.35. The van der Waals surface area contributed by atoms with Crippen LogP contribution in [0.1, 0.15) is 33.6 Å². The molecule has 0 heterocycles. The second-order valence-electron chi connectivity index (χ2n) is 4.43. The van der Waals surface area contributed by atoms with Gasteiger partial charge in [-0.1, -0.05) is 20.8 Å². The average Bonchev–Trinajstić information content (AvgIpc) is 1.80. The first-order valence-corrected chi connectivity index (χ1v) is 4.27. The molecule has 1 nitrogen and oxygen atoms in total. The Morgan fingerprint density at radius 2 is 2.00 bits per heavy atom. The molecular formula is C9H19N. The van der Waals surface area contributed by atoms with Crippen LogP contribution in [0.25, 0.3) is 0 Å². The molecule has 0 aromatic rings. The van der Waals surface area contributed by atoms with E-state index in [0.717, 1.165) is 18.4 Å². The van der Waals surface area contributed by atoms with Crippen molar-refractivity contribution in [3.05, 3.63) is 0 Å². The largest absolute Gasteiger partial charge is 0.330 e. The lowest BCUT2D eigenvalue weighted by molar-refractivity contribution is 0.0517. The Labute approximate surface area is 64.0 Å². The molecule has 0 radical (unpaired) electrons. The standard InChI is InChI=1S/C9H19N/c1-7(2)8-4-9(3,5-8)6-10/h7-8H,4-6,10H2,1-3H3. The highest BCUT2D eigenvalue weighted by Gasteiger charge is 2.39. The molecule has 1 fully saturated rings. The van der Waals surface area contributed by atoms with E-state index in [1.807, 2.05) is 0 Å². The molecule has 1 rings (SSSR count). The molecule has 1 aliphatic carbocycles. The van der Waals surface area contributed by atoms with Crippen LogP contribution < -0.4 is 5.73 Å². The highest BCUT2D eigenvalue weighted by molar-refractivity contribution is 4.91. The first-order valence-electron chi connectivity index (χ1n) is 4.27. The normalized spacial score (nSPS) is 39.9. The SMILES string of the molecule is CC(C)C1CC(C)(CN)C1. The Balaban J connectivity index is 2.29. The summed E-state index contributed by atoms with van der Waals surface area (Å²) in [4.78, 5) is 0. The summed E-state index contributed by atoms with van der Waals surface area (Å²) in [6, 6.07) is 0. The van der Waals surface area contributed by atoms with Gasteiger partial charge in [0.15, 0.2) is 0 Å². The summed E-state index contributed by atoms with van der Waals surface area (Å²) in [7, 11) is 0. The second-order valence-corrected chi connectivity index (χ2v) is 4.43. The summed E-state index contributed by atoms with van der Waals surface area (Å²) in [5.41, 5.74) is 6.13. The number of rotatable bonds is 2. The molecule has 0 aliphatic heterocycles. The quantitative estimate of drug-likeness (QED) is 0.625. The van der Waals surface area contributed by atoms with Crippen molar-refractivity contribution in [2.24, 2.45) is 23.0 Å². The van der Waals surface area contributed by atoms with Crippen LogP contribution in [-0.4, -0.2) is 6.54 Å². The first-order chi connectivity index (χ1) is 4.57. The van der Waals surface area contributed by atoms with Gasteiger partial charge in [-0.2, -0.15) is 0 Å². The fourth-order valence-corrected chi connectivity index (χ4v) is 1.84. The van der Waals surface area contributed by atoms with Crippen molar-refractivity contribution >= 4 is 0 Å². The van der Waals surface area contributed by atoms with E-state index in [4.69, 9.17) is 5.73 Å². The van der Waals surface area contributed by atoms with Crippen molar-refractivity contribution in [3.63, 3.8) is 0 Å². The summed E-state index contributed by atoms with van der Waals surface area (Å²) in [6.45, 7) is 7.78. The number of nitrogens with two attached hydrogens (primary N) is 1. The van der Waals surface area contributed by atoms with Gasteiger partial charge in [0.2, 0.25) is 0 Å². The molecular weight excluding hydrogens is 122 g/mol. The van der Waals surface area contributed by atoms with Crippen molar-refractivity contribution in [2.45, 2.75) is 33.6 Å². The molecule has 0 bridgehead atoms. The van der Waals surface area contributed by atoms with Gasteiger partial charge in [-0.15, -0.1) is 0 Å². The van der Waals surface area contributed by atoms with Crippen molar-refractivity contribution in [1.82, 2.24) is 0 Å². The van der Waals surface area contributed by atoms with E-state index in [2.05, 4.69) is 20.8 Å². The van der Waals surface area contributed by atoms with Gasteiger partial charge in [-0.05, 0) is 36.6 Å².